The molecule has 3 nitrogen and oxygen atoms in total. The van der Waals surface area contributed by atoms with E-state index in [1.54, 1.807) is 0 Å². The Labute approximate surface area is 109 Å². The molecular formula is C14H11ClN2O. The predicted molar refractivity (Wildman–Crippen MR) is 71.6 cm³/mol. The van der Waals surface area contributed by atoms with Gasteiger partial charge in [-0.1, -0.05) is 29.8 Å². The van der Waals surface area contributed by atoms with Crippen LogP contribution in [-0.2, 0) is 6.61 Å². The Hall–Kier alpha value is -1.84. The van der Waals surface area contributed by atoms with E-state index in [2.05, 4.69) is 4.98 Å². The summed E-state index contributed by atoms with van der Waals surface area (Å²) >= 11 is 5.94. The van der Waals surface area contributed by atoms with Gasteiger partial charge < -0.3 is 9.51 Å². The van der Waals surface area contributed by atoms with Gasteiger partial charge in [0.2, 0.25) is 0 Å². The summed E-state index contributed by atoms with van der Waals surface area (Å²) in [5.41, 5.74) is 3.58. The Morgan fingerprint density at radius 1 is 1.17 bits per heavy atom. The van der Waals surface area contributed by atoms with Crippen LogP contribution in [0.25, 0.3) is 16.9 Å². The van der Waals surface area contributed by atoms with E-state index in [1.807, 2.05) is 53.2 Å². The van der Waals surface area contributed by atoms with Crippen molar-refractivity contribution in [2.75, 3.05) is 0 Å². The van der Waals surface area contributed by atoms with Crippen molar-refractivity contribution in [1.29, 1.82) is 0 Å². The molecule has 3 rings (SSSR count). The van der Waals surface area contributed by atoms with E-state index in [1.165, 1.54) is 0 Å². The van der Waals surface area contributed by atoms with E-state index in [0.29, 0.717) is 5.02 Å². The summed E-state index contributed by atoms with van der Waals surface area (Å²) in [7, 11) is 0. The fourth-order valence-corrected chi connectivity index (χ4v) is 2.10. The van der Waals surface area contributed by atoms with Crippen LogP contribution in [0.3, 0.4) is 0 Å². The van der Waals surface area contributed by atoms with Crippen LogP contribution in [-0.4, -0.2) is 14.5 Å². The van der Waals surface area contributed by atoms with Crippen molar-refractivity contribution in [2.24, 2.45) is 0 Å². The summed E-state index contributed by atoms with van der Waals surface area (Å²) in [4.78, 5) is 4.52. The van der Waals surface area contributed by atoms with Crippen molar-refractivity contribution in [2.45, 2.75) is 6.61 Å². The number of aliphatic hydroxyl groups excluding tert-OH is 1. The summed E-state index contributed by atoms with van der Waals surface area (Å²) < 4.78 is 1.89. The zero-order valence-corrected chi connectivity index (χ0v) is 10.3. The monoisotopic (exact) mass is 258 g/mol. The Kier molecular flexibility index (Phi) is 2.78. The van der Waals surface area contributed by atoms with Crippen LogP contribution in [0.2, 0.25) is 5.02 Å². The van der Waals surface area contributed by atoms with Crippen LogP contribution in [0.15, 0.2) is 48.8 Å². The second-order valence-corrected chi connectivity index (χ2v) is 4.53. The minimum absolute atomic E-state index is 0.0348. The third kappa shape index (κ3) is 1.98. The zero-order valence-electron chi connectivity index (χ0n) is 9.55. The molecule has 0 amide bonds. The van der Waals surface area contributed by atoms with E-state index in [0.717, 1.165) is 22.5 Å². The van der Waals surface area contributed by atoms with Crippen LogP contribution in [0.1, 0.15) is 5.56 Å². The number of hydrogen-bond acceptors (Lipinski definition) is 2. The highest BCUT2D eigenvalue weighted by Crippen LogP contribution is 2.21. The Bertz CT molecular complexity index is 706. The Morgan fingerprint density at radius 2 is 2.06 bits per heavy atom. The smallest absolute Gasteiger partial charge is 0.137 e. The summed E-state index contributed by atoms with van der Waals surface area (Å²) in [5.74, 6) is 0. The molecule has 0 unspecified atom stereocenters. The molecule has 2 aromatic heterocycles. The minimum Gasteiger partial charge on any atom is -0.392 e. The van der Waals surface area contributed by atoms with Crippen molar-refractivity contribution in [3.05, 3.63) is 59.4 Å². The van der Waals surface area contributed by atoms with Gasteiger partial charge in [0.1, 0.15) is 5.65 Å². The maximum atomic E-state index is 9.14. The fourth-order valence-electron chi connectivity index (χ4n) is 1.93. The molecule has 0 atom stereocenters. The molecule has 0 saturated carbocycles. The molecule has 90 valence electrons. The van der Waals surface area contributed by atoms with E-state index in [-0.39, 0.29) is 6.61 Å². The lowest BCUT2D eigenvalue weighted by Crippen LogP contribution is -1.84. The summed E-state index contributed by atoms with van der Waals surface area (Å²) in [6.45, 7) is 0.0348. The van der Waals surface area contributed by atoms with Gasteiger partial charge in [-0.15, -0.1) is 0 Å². The highest BCUT2D eigenvalue weighted by molar-refractivity contribution is 6.30. The molecule has 0 saturated heterocycles. The predicted octanol–water partition coefficient (Wildman–Crippen LogP) is 3.15. The van der Waals surface area contributed by atoms with Gasteiger partial charge in [-0.2, -0.15) is 0 Å². The van der Waals surface area contributed by atoms with Gasteiger partial charge in [0, 0.05) is 18.0 Å². The highest BCUT2D eigenvalue weighted by atomic mass is 35.5. The maximum Gasteiger partial charge on any atom is 0.137 e. The van der Waals surface area contributed by atoms with Gasteiger partial charge in [-0.25, -0.2) is 4.98 Å². The maximum absolute atomic E-state index is 9.14. The van der Waals surface area contributed by atoms with Crippen LogP contribution >= 0.6 is 11.6 Å². The topological polar surface area (TPSA) is 37.5 Å². The molecule has 0 radical (unpaired) electrons. The van der Waals surface area contributed by atoms with E-state index < -0.39 is 0 Å². The van der Waals surface area contributed by atoms with Crippen molar-refractivity contribution in [3.8, 4) is 11.3 Å². The highest BCUT2D eigenvalue weighted by Gasteiger charge is 2.05. The third-order valence-electron chi connectivity index (χ3n) is 2.82. The van der Waals surface area contributed by atoms with Gasteiger partial charge in [-0.05, 0) is 23.8 Å². The first kappa shape index (κ1) is 11.3. The summed E-state index contributed by atoms with van der Waals surface area (Å²) in [6.07, 6.45) is 3.75. The lowest BCUT2D eigenvalue weighted by molar-refractivity contribution is 0.282. The summed E-state index contributed by atoms with van der Waals surface area (Å²) in [5, 5.41) is 9.82. The molecule has 1 N–H and O–H groups in total. The van der Waals surface area contributed by atoms with Gasteiger partial charge in [-0.3, -0.25) is 0 Å². The standard InChI is InChI=1S/C14H11ClN2O/c15-12-4-5-14-16-13(8-17(14)7-12)11-3-1-2-10(6-11)9-18/h1-8,18H,9H2. The number of imidazole rings is 1. The summed E-state index contributed by atoms with van der Waals surface area (Å²) in [6, 6.07) is 11.4. The van der Waals surface area contributed by atoms with Gasteiger partial charge in [0.25, 0.3) is 0 Å². The molecular weight excluding hydrogens is 248 g/mol. The number of pyridine rings is 1. The van der Waals surface area contributed by atoms with E-state index >= 15 is 0 Å². The fraction of sp³-hybridized carbons (Fsp3) is 0.0714. The zero-order chi connectivity index (χ0) is 12.5. The van der Waals surface area contributed by atoms with Crippen molar-refractivity contribution < 1.29 is 5.11 Å². The van der Waals surface area contributed by atoms with Crippen molar-refractivity contribution in [1.82, 2.24) is 9.38 Å². The number of rotatable bonds is 2. The van der Waals surface area contributed by atoms with E-state index in [4.69, 9.17) is 16.7 Å². The number of hydrogen-bond donors (Lipinski definition) is 1. The lowest BCUT2D eigenvalue weighted by Gasteiger charge is -1.99. The van der Waals surface area contributed by atoms with Gasteiger partial charge in [0.05, 0.1) is 17.3 Å². The van der Waals surface area contributed by atoms with Crippen LogP contribution in [0.4, 0.5) is 0 Å². The molecule has 18 heavy (non-hydrogen) atoms. The van der Waals surface area contributed by atoms with Crippen molar-refractivity contribution >= 4 is 17.2 Å². The second kappa shape index (κ2) is 4.44. The van der Waals surface area contributed by atoms with E-state index in [9.17, 15) is 0 Å². The van der Waals surface area contributed by atoms with Crippen molar-refractivity contribution in [3.63, 3.8) is 0 Å². The average molecular weight is 259 g/mol. The molecule has 0 aliphatic rings. The lowest BCUT2D eigenvalue weighted by atomic mass is 10.1. The minimum atomic E-state index is 0.0348. The first-order valence-electron chi connectivity index (χ1n) is 5.61. The molecule has 0 bridgehead atoms. The third-order valence-corrected chi connectivity index (χ3v) is 3.04. The molecule has 2 heterocycles. The number of benzene rings is 1. The van der Waals surface area contributed by atoms with Crippen LogP contribution < -0.4 is 0 Å². The first-order valence-corrected chi connectivity index (χ1v) is 5.98. The molecule has 1 aromatic carbocycles. The molecule has 0 fully saturated rings. The molecule has 4 heteroatoms. The SMILES string of the molecule is OCc1cccc(-c2cn3cc(Cl)ccc3n2)c1. The number of nitrogens with zero attached hydrogens (tertiary/aromatic N) is 2. The largest absolute Gasteiger partial charge is 0.392 e. The first-order chi connectivity index (χ1) is 8.76. The average Bonchev–Trinajstić information content (AvgIpc) is 2.81. The van der Waals surface area contributed by atoms with Crippen LogP contribution in [0.5, 0.6) is 0 Å². The number of aliphatic hydroxyl groups is 1. The molecule has 0 aliphatic heterocycles. The Balaban J connectivity index is 2.13. The number of fused-ring (bicyclic) bond motifs is 1. The quantitative estimate of drug-likeness (QED) is 0.767. The molecule has 0 spiro atoms. The molecule has 0 aliphatic carbocycles. The van der Waals surface area contributed by atoms with Crippen LogP contribution in [0, 0.1) is 0 Å². The van der Waals surface area contributed by atoms with Gasteiger partial charge in [0.15, 0.2) is 0 Å². The molecule has 3 aromatic rings. The Morgan fingerprint density at radius 3 is 2.89 bits per heavy atom. The second-order valence-electron chi connectivity index (χ2n) is 4.10. The normalized spacial score (nSPS) is 11.0. The van der Waals surface area contributed by atoms with Gasteiger partial charge >= 0.3 is 0 Å². The number of halogens is 1. The number of aromatic nitrogens is 2.